The standard InChI is InChI=1S/C20H18B3N5O3S/c1-26-18-14(6-24)17(15(7-25)19(28-18)32-11-12-9-29-10-12)13-2-3-16(27-8-13)30-4-5-31-20(21,22)23/h2-3,8,12H,4-5,9-11H2,1H3,(H,26,28). The van der Waals surface area contributed by atoms with Crippen LogP contribution in [0.5, 0.6) is 5.88 Å². The number of nitrogens with one attached hydrogen (secondary N) is 1. The first kappa shape index (κ1) is 24.0. The molecule has 3 rings (SSSR count). The van der Waals surface area contributed by atoms with Crippen molar-refractivity contribution < 1.29 is 14.2 Å². The Labute approximate surface area is 195 Å². The van der Waals surface area contributed by atoms with Gasteiger partial charge in [-0.2, -0.15) is 10.5 Å². The maximum absolute atomic E-state index is 9.90. The minimum atomic E-state index is -1.73. The average Bonchev–Trinajstić information content (AvgIpc) is 2.74. The van der Waals surface area contributed by atoms with E-state index in [1.165, 1.54) is 11.8 Å². The summed E-state index contributed by atoms with van der Waals surface area (Å²) in [4.78, 5) is 8.78. The molecule has 0 unspecified atom stereocenters. The number of nitrogens with zero attached hydrogens (tertiary/aromatic N) is 4. The Hall–Kier alpha value is -2.66. The molecule has 0 aromatic carbocycles. The molecule has 156 valence electrons. The molecule has 0 spiro atoms. The maximum Gasteiger partial charge on any atom is 0.213 e. The summed E-state index contributed by atoms with van der Waals surface area (Å²) in [7, 11) is 17.7. The summed E-state index contributed by atoms with van der Waals surface area (Å²) in [6.07, 6.45) is 1.54. The Morgan fingerprint density at radius 3 is 2.50 bits per heavy atom. The van der Waals surface area contributed by atoms with E-state index in [-0.39, 0.29) is 18.8 Å². The maximum atomic E-state index is 9.90. The Bertz CT molecular complexity index is 1030. The van der Waals surface area contributed by atoms with Gasteiger partial charge in [-0.3, -0.25) is 0 Å². The van der Waals surface area contributed by atoms with Crippen molar-refractivity contribution >= 4 is 41.1 Å². The van der Waals surface area contributed by atoms with Crippen LogP contribution in [0.4, 0.5) is 5.82 Å². The van der Waals surface area contributed by atoms with Crippen LogP contribution < -0.4 is 10.1 Å². The molecule has 1 aliphatic rings. The van der Waals surface area contributed by atoms with Gasteiger partial charge in [0.1, 0.15) is 35.2 Å². The summed E-state index contributed by atoms with van der Waals surface area (Å²) in [6.45, 7) is 1.62. The zero-order chi connectivity index (χ0) is 23.1. The van der Waals surface area contributed by atoms with E-state index >= 15 is 0 Å². The minimum Gasteiger partial charge on any atom is -0.475 e. The van der Waals surface area contributed by atoms with E-state index in [4.69, 9.17) is 37.7 Å². The summed E-state index contributed by atoms with van der Waals surface area (Å²) in [5.74, 6) is 1.93. The highest BCUT2D eigenvalue weighted by Gasteiger charge is 2.24. The van der Waals surface area contributed by atoms with Crippen LogP contribution in [0, 0.1) is 28.6 Å². The fraction of sp³-hybridized carbons (Fsp3) is 0.400. The van der Waals surface area contributed by atoms with Crippen molar-refractivity contribution in [2.75, 3.05) is 44.5 Å². The minimum absolute atomic E-state index is 0.0760. The smallest absolute Gasteiger partial charge is 0.213 e. The molecule has 12 heteroatoms. The Balaban J connectivity index is 1.86. The van der Waals surface area contributed by atoms with Crippen LogP contribution in [0.25, 0.3) is 11.1 Å². The molecule has 1 fully saturated rings. The third kappa shape index (κ3) is 5.98. The van der Waals surface area contributed by atoms with Crippen molar-refractivity contribution in [3.05, 3.63) is 29.5 Å². The predicted octanol–water partition coefficient (Wildman–Crippen LogP) is 1.18. The van der Waals surface area contributed by atoms with Gasteiger partial charge in [-0.25, -0.2) is 9.97 Å². The molecule has 0 saturated carbocycles. The molecular weight excluding hydrogens is 423 g/mol. The van der Waals surface area contributed by atoms with Crippen molar-refractivity contribution in [3.8, 4) is 29.1 Å². The van der Waals surface area contributed by atoms with Crippen LogP contribution in [0.15, 0.2) is 23.4 Å². The highest BCUT2D eigenvalue weighted by Crippen LogP contribution is 2.37. The second-order valence-electron chi connectivity index (χ2n) is 7.01. The fourth-order valence-corrected chi connectivity index (χ4v) is 3.94. The molecule has 6 radical (unpaired) electrons. The molecule has 0 amide bonds. The van der Waals surface area contributed by atoms with Gasteiger partial charge in [-0.05, 0) is 11.4 Å². The molecule has 1 aliphatic heterocycles. The van der Waals surface area contributed by atoms with Crippen LogP contribution in [0.2, 0.25) is 0 Å². The first-order valence-corrected chi connectivity index (χ1v) is 10.7. The van der Waals surface area contributed by atoms with E-state index in [2.05, 4.69) is 27.4 Å². The zero-order valence-electron chi connectivity index (χ0n) is 17.5. The van der Waals surface area contributed by atoms with E-state index in [1.54, 1.807) is 25.4 Å². The monoisotopic (exact) mass is 441 g/mol. The molecular formula is C20H18B3N5O3S. The number of rotatable bonds is 10. The molecule has 0 aliphatic carbocycles. The Morgan fingerprint density at radius 1 is 1.22 bits per heavy atom. The fourth-order valence-electron chi connectivity index (χ4n) is 2.91. The number of hydrogen-bond acceptors (Lipinski definition) is 9. The second kappa shape index (κ2) is 10.8. The lowest BCUT2D eigenvalue weighted by Gasteiger charge is -2.25. The highest BCUT2D eigenvalue weighted by molar-refractivity contribution is 7.99. The zero-order valence-corrected chi connectivity index (χ0v) is 18.3. The summed E-state index contributed by atoms with van der Waals surface area (Å²) < 4.78 is 15.7. The van der Waals surface area contributed by atoms with Crippen molar-refractivity contribution in [2.24, 2.45) is 5.92 Å². The normalized spacial score (nSPS) is 13.6. The molecule has 0 atom stereocenters. The second-order valence-corrected chi connectivity index (χ2v) is 8.02. The topological polar surface area (TPSA) is 113 Å². The van der Waals surface area contributed by atoms with Crippen molar-refractivity contribution in [1.82, 2.24) is 9.97 Å². The van der Waals surface area contributed by atoms with Crippen molar-refractivity contribution in [1.29, 1.82) is 10.5 Å². The van der Waals surface area contributed by atoms with E-state index in [1.807, 2.05) is 0 Å². The Morgan fingerprint density at radius 2 is 1.97 bits per heavy atom. The van der Waals surface area contributed by atoms with Gasteiger partial charge in [-0.1, -0.05) is 0 Å². The van der Waals surface area contributed by atoms with E-state index in [0.29, 0.717) is 52.5 Å². The van der Waals surface area contributed by atoms with Gasteiger partial charge in [-0.15, -0.1) is 11.8 Å². The van der Waals surface area contributed by atoms with Gasteiger partial charge in [0.15, 0.2) is 0 Å². The van der Waals surface area contributed by atoms with Crippen LogP contribution in [0.1, 0.15) is 11.1 Å². The third-order valence-corrected chi connectivity index (χ3v) is 5.70. The van der Waals surface area contributed by atoms with Crippen molar-refractivity contribution in [2.45, 2.75) is 10.3 Å². The van der Waals surface area contributed by atoms with Gasteiger partial charge in [0.05, 0.1) is 48.9 Å². The van der Waals surface area contributed by atoms with E-state index in [0.717, 1.165) is 5.75 Å². The SMILES string of the molecule is [B]C([B])([B])OCCOc1ccc(-c2c(C#N)c(NC)nc(SCC3COC3)c2C#N)cn1. The number of ether oxygens (including phenoxy) is 3. The summed E-state index contributed by atoms with van der Waals surface area (Å²) in [5, 5.41) is 21.5. The van der Waals surface area contributed by atoms with Crippen molar-refractivity contribution in [3.63, 3.8) is 0 Å². The van der Waals surface area contributed by atoms with Crippen LogP contribution in [-0.4, -0.2) is 78.0 Å². The van der Waals surface area contributed by atoms with Crippen LogP contribution in [-0.2, 0) is 9.47 Å². The number of anilines is 1. The van der Waals surface area contributed by atoms with Crippen LogP contribution >= 0.6 is 11.8 Å². The number of nitriles is 2. The molecule has 0 bridgehead atoms. The highest BCUT2D eigenvalue weighted by atomic mass is 32.2. The number of pyridine rings is 2. The number of aromatic nitrogens is 2. The summed E-state index contributed by atoms with van der Waals surface area (Å²) >= 11 is 1.48. The third-order valence-electron chi connectivity index (χ3n) is 4.50. The van der Waals surface area contributed by atoms with Gasteiger partial charge in [0, 0.05) is 42.1 Å². The molecule has 1 saturated heterocycles. The first-order chi connectivity index (χ1) is 15.4. The van der Waals surface area contributed by atoms with E-state index in [9.17, 15) is 10.5 Å². The molecule has 32 heavy (non-hydrogen) atoms. The lowest BCUT2D eigenvalue weighted by molar-refractivity contribution is -0.0196. The largest absolute Gasteiger partial charge is 0.475 e. The molecule has 3 heterocycles. The lowest BCUT2D eigenvalue weighted by Crippen LogP contribution is -2.35. The molecule has 8 nitrogen and oxygen atoms in total. The average molecular weight is 441 g/mol. The molecule has 1 N–H and O–H groups in total. The summed E-state index contributed by atoms with van der Waals surface area (Å²) in [6, 6.07) is 7.74. The number of thioether (sulfide) groups is 1. The molecule has 2 aromatic heterocycles. The summed E-state index contributed by atoms with van der Waals surface area (Å²) in [5.41, 5.74) is 1.68. The predicted molar refractivity (Wildman–Crippen MR) is 123 cm³/mol. The van der Waals surface area contributed by atoms with E-state index < -0.39 is 5.30 Å². The van der Waals surface area contributed by atoms with Crippen LogP contribution in [0.3, 0.4) is 0 Å². The Kier molecular flexibility index (Phi) is 8.08. The lowest BCUT2D eigenvalue weighted by atomic mass is 9.52. The first-order valence-electron chi connectivity index (χ1n) is 9.72. The van der Waals surface area contributed by atoms with Gasteiger partial charge in [0.2, 0.25) is 5.88 Å². The molecule has 2 aromatic rings. The van der Waals surface area contributed by atoms with Gasteiger partial charge in [0.25, 0.3) is 0 Å². The number of hydrogen-bond donors (Lipinski definition) is 1. The van der Waals surface area contributed by atoms with Gasteiger partial charge >= 0.3 is 0 Å². The van der Waals surface area contributed by atoms with Gasteiger partial charge < -0.3 is 19.5 Å². The quantitative estimate of drug-likeness (QED) is 0.330.